The third kappa shape index (κ3) is 4.04. The number of hydrogen-bond acceptors (Lipinski definition) is 3. The Balaban J connectivity index is 1.41. The Bertz CT molecular complexity index is 1160. The number of nitrogens with one attached hydrogen (secondary N) is 2. The summed E-state index contributed by atoms with van der Waals surface area (Å²) in [5, 5.41) is 13.2. The molecule has 1 aromatic heterocycles. The number of allylic oxidation sites excluding steroid dienone is 1. The molecule has 0 spiro atoms. The highest BCUT2D eigenvalue weighted by molar-refractivity contribution is 5.94. The predicted molar refractivity (Wildman–Crippen MR) is 113 cm³/mol. The summed E-state index contributed by atoms with van der Waals surface area (Å²) in [7, 11) is 0. The number of hydrogen-bond donors (Lipinski definition) is 2. The van der Waals surface area contributed by atoms with E-state index in [0.717, 1.165) is 21.9 Å². The fourth-order valence-electron chi connectivity index (χ4n) is 2.85. The Morgan fingerprint density at radius 3 is 2.57 bits per heavy atom. The van der Waals surface area contributed by atoms with E-state index in [9.17, 15) is 4.79 Å². The highest BCUT2D eigenvalue weighted by Crippen LogP contribution is 2.23. The van der Waals surface area contributed by atoms with E-state index >= 15 is 0 Å². The molecule has 0 radical (unpaired) electrons. The number of hydrazone groups is 1. The van der Waals surface area contributed by atoms with Gasteiger partial charge in [-0.3, -0.25) is 9.89 Å². The molecule has 28 heavy (non-hydrogen) atoms. The van der Waals surface area contributed by atoms with Crippen molar-refractivity contribution in [1.82, 2.24) is 15.6 Å². The van der Waals surface area contributed by atoms with E-state index < -0.39 is 0 Å². The van der Waals surface area contributed by atoms with Crippen LogP contribution < -0.4 is 5.43 Å². The maximum absolute atomic E-state index is 12.2. The number of H-pyrrole nitrogens is 1. The molecule has 0 aliphatic heterocycles. The quantitative estimate of drug-likeness (QED) is 0.398. The predicted octanol–water partition coefficient (Wildman–Crippen LogP) is 4.66. The van der Waals surface area contributed by atoms with Crippen LogP contribution in [0.1, 0.15) is 16.1 Å². The van der Waals surface area contributed by atoms with E-state index in [1.807, 2.05) is 60.7 Å². The fraction of sp³-hybridized carbons (Fsp3) is 0. The van der Waals surface area contributed by atoms with Crippen LogP contribution in [-0.2, 0) is 0 Å². The molecule has 0 saturated carbocycles. The monoisotopic (exact) mass is 366 g/mol. The standard InChI is InChI=1S/C23H18N4O/c28-23(27-24-14-6-9-17-7-2-1-3-8-17)22-16-21(25-26-22)20-13-12-18-10-4-5-11-19(18)15-20/h1-16H,(H,25,26)(H,27,28)/b9-6+,24-14+. The minimum atomic E-state index is -0.344. The summed E-state index contributed by atoms with van der Waals surface area (Å²) in [6.45, 7) is 0. The summed E-state index contributed by atoms with van der Waals surface area (Å²) in [6.07, 6.45) is 5.21. The van der Waals surface area contributed by atoms with E-state index in [1.54, 1.807) is 12.1 Å². The minimum Gasteiger partial charge on any atom is -0.272 e. The number of carbonyl (C=O) groups excluding carboxylic acids is 1. The van der Waals surface area contributed by atoms with Crippen molar-refractivity contribution in [2.24, 2.45) is 5.10 Å². The maximum atomic E-state index is 12.2. The first-order chi connectivity index (χ1) is 13.8. The number of amides is 1. The molecule has 4 rings (SSSR count). The van der Waals surface area contributed by atoms with Crippen LogP contribution in [0.3, 0.4) is 0 Å². The zero-order chi connectivity index (χ0) is 19.2. The molecule has 1 amide bonds. The van der Waals surface area contributed by atoms with Gasteiger partial charge in [-0.05, 0) is 34.5 Å². The first-order valence-corrected chi connectivity index (χ1v) is 8.89. The summed E-state index contributed by atoms with van der Waals surface area (Å²) in [6, 6.07) is 25.8. The lowest BCUT2D eigenvalue weighted by atomic mass is 10.1. The van der Waals surface area contributed by atoms with Crippen LogP contribution in [0.2, 0.25) is 0 Å². The molecule has 2 N–H and O–H groups in total. The highest BCUT2D eigenvalue weighted by Gasteiger charge is 2.10. The summed E-state index contributed by atoms with van der Waals surface area (Å²) in [4.78, 5) is 12.2. The number of aromatic nitrogens is 2. The van der Waals surface area contributed by atoms with Crippen LogP contribution in [0.5, 0.6) is 0 Å². The van der Waals surface area contributed by atoms with Crippen molar-refractivity contribution < 1.29 is 4.79 Å². The van der Waals surface area contributed by atoms with Crippen molar-refractivity contribution in [2.75, 3.05) is 0 Å². The van der Waals surface area contributed by atoms with Gasteiger partial charge in [-0.25, -0.2) is 5.43 Å². The zero-order valence-corrected chi connectivity index (χ0v) is 15.0. The van der Waals surface area contributed by atoms with Crippen molar-refractivity contribution in [3.63, 3.8) is 0 Å². The van der Waals surface area contributed by atoms with Crippen LogP contribution in [0.25, 0.3) is 28.1 Å². The number of nitrogens with zero attached hydrogens (tertiary/aromatic N) is 2. The van der Waals surface area contributed by atoms with Gasteiger partial charge < -0.3 is 0 Å². The van der Waals surface area contributed by atoms with Gasteiger partial charge in [0.25, 0.3) is 5.91 Å². The molecule has 0 atom stereocenters. The maximum Gasteiger partial charge on any atom is 0.289 e. The lowest BCUT2D eigenvalue weighted by molar-refractivity contribution is 0.0950. The molecule has 0 aliphatic rings. The van der Waals surface area contributed by atoms with Crippen molar-refractivity contribution in [3.05, 3.63) is 96.2 Å². The fourth-order valence-corrected chi connectivity index (χ4v) is 2.85. The number of fused-ring (bicyclic) bond motifs is 1. The summed E-state index contributed by atoms with van der Waals surface area (Å²) >= 11 is 0. The van der Waals surface area contributed by atoms with Gasteiger partial charge in [0.2, 0.25) is 0 Å². The SMILES string of the molecule is O=C(N/N=C/C=C/c1ccccc1)c1cc(-c2ccc3ccccc3c2)n[nH]1. The van der Waals surface area contributed by atoms with Gasteiger partial charge in [0.05, 0.1) is 5.69 Å². The molecular formula is C23H18N4O. The molecule has 4 aromatic rings. The lowest BCUT2D eigenvalue weighted by Crippen LogP contribution is -2.17. The topological polar surface area (TPSA) is 70.1 Å². The molecule has 0 bridgehead atoms. The van der Waals surface area contributed by atoms with Crippen molar-refractivity contribution in [2.45, 2.75) is 0 Å². The van der Waals surface area contributed by atoms with Crippen molar-refractivity contribution in [1.29, 1.82) is 0 Å². The van der Waals surface area contributed by atoms with E-state index in [-0.39, 0.29) is 5.91 Å². The van der Waals surface area contributed by atoms with Crippen LogP contribution in [0.15, 0.2) is 90.0 Å². The van der Waals surface area contributed by atoms with Gasteiger partial charge in [0.15, 0.2) is 0 Å². The van der Waals surface area contributed by atoms with E-state index in [1.165, 1.54) is 6.21 Å². The molecule has 3 aromatic carbocycles. The molecule has 136 valence electrons. The number of rotatable bonds is 5. The van der Waals surface area contributed by atoms with Gasteiger partial charge in [-0.2, -0.15) is 10.2 Å². The van der Waals surface area contributed by atoms with Gasteiger partial charge in [0.1, 0.15) is 5.69 Å². The van der Waals surface area contributed by atoms with E-state index in [0.29, 0.717) is 11.4 Å². The average molecular weight is 366 g/mol. The van der Waals surface area contributed by atoms with Crippen LogP contribution >= 0.6 is 0 Å². The average Bonchev–Trinajstić information content (AvgIpc) is 3.24. The van der Waals surface area contributed by atoms with Gasteiger partial charge >= 0.3 is 0 Å². The summed E-state index contributed by atoms with van der Waals surface area (Å²) < 4.78 is 0. The van der Waals surface area contributed by atoms with Crippen LogP contribution in [0.4, 0.5) is 0 Å². The smallest absolute Gasteiger partial charge is 0.272 e. The Kier molecular flexibility index (Phi) is 5.06. The molecule has 0 aliphatic carbocycles. The molecule has 0 saturated heterocycles. The molecule has 1 heterocycles. The zero-order valence-electron chi connectivity index (χ0n) is 15.0. The van der Waals surface area contributed by atoms with Crippen molar-refractivity contribution >= 4 is 29.0 Å². The number of aromatic amines is 1. The Hall–Kier alpha value is -3.99. The molecule has 5 nitrogen and oxygen atoms in total. The van der Waals surface area contributed by atoms with Crippen LogP contribution in [-0.4, -0.2) is 22.3 Å². The number of benzene rings is 3. The van der Waals surface area contributed by atoms with Gasteiger partial charge in [0, 0.05) is 11.8 Å². The largest absolute Gasteiger partial charge is 0.289 e. The first kappa shape index (κ1) is 17.4. The molecule has 0 unspecified atom stereocenters. The van der Waals surface area contributed by atoms with Crippen molar-refractivity contribution in [3.8, 4) is 11.3 Å². The highest BCUT2D eigenvalue weighted by atomic mass is 16.2. The third-order valence-electron chi connectivity index (χ3n) is 4.28. The van der Waals surface area contributed by atoms with E-state index in [2.05, 4.69) is 38.9 Å². The molecule has 5 heteroatoms. The normalized spacial score (nSPS) is 11.4. The van der Waals surface area contributed by atoms with E-state index in [4.69, 9.17) is 0 Å². The molecular weight excluding hydrogens is 348 g/mol. The molecule has 0 fully saturated rings. The van der Waals surface area contributed by atoms with Crippen LogP contribution in [0, 0.1) is 0 Å². The second-order valence-electron chi connectivity index (χ2n) is 6.22. The van der Waals surface area contributed by atoms with Gasteiger partial charge in [-0.1, -0.05) is 72.8 Å². The Morgan fingerprint density at radius 2 is 1.71 bits per heavy atom. The second-order valence-corrected chi connectivity index (χ2v) is 6.22. The second kappa shape index (κ2) is 8.14. The third-order valence-corrected chi connectivity index (χ3v) is 4.28. The minimum absolute atomic E-state index is 0.344. The Morgan fingerprint density at radius 1 is 0.929 bits per heavy atom. The summed E-state index contributed by atoms with van der Waals surface area (Å²) in [5.41, 5.74) is 5.56. The Labute approximate surface area is 162 Å². The van der Waals surface area contributed by atoms with Gasteiger partial charge in [-0.15, -0.1) is 0 Å². The first-order valence-electron chi connectivity index (χ1n) is 8.89. The lowest BCUT2D eigenvalue weighted by Gasteiger charge is -2.00. The number of carbonyl (C=O) groups is 1. The summed E-state index contributed by atoms with van der Waals surface area (Å²) in [5.74, 6) is -0.344.